The second kappa shape index (κ2) is 4.71. The van der Waals surface area contributed by atoms with Crippen molar-refractivity contribution in [3.05, 3.63) is 35.8 Å². The Labute approximate surface area is 105 Å². The van der Waals surface area contributed by atoms with Crippen molar-refractivity contribution < 1.29 is 18.7 Å². The molecule has 4 heteroatoms. The van der Waals surface area contributed by atoms with Crippen LogP contribution >= 0.6 is 0 Å². The SMILES string of the molecule is CC(C)(C)OCC(O)c1cc2cc(F)ccc2o1. The first-order valence-corrected chi connectivity index (χ1v) is 5.86. The Bertz CT molecular complexity index is 539. The summed E-state index contributed by atoms with van der Waals surface area (Å²) < 4.78 is 24.0. The highest BCUT2D eigenvalue weighted by molar-refractivity contribution is 5.77. The zero-order valence-electron chi connectivity index (χ0n) is 10.7. The molecule has 1 unspecified atom stereocenters. The number of ether oxygens (including phenoxy) is 1. The zero-order chi connectivity index (χ0) is 13.3. The Kier molecular flexibility index (Phi) is 3.41. The summed E-state index contributed by atoms with van der Waals surface area (Å²) in [5.41, 5.74) is 0.236. The molecule has 0 radical (unpaired) electrons. The fourth-order valence-corrected chi connectivity index (χ4v) is 1.61. The molecule has 0 spiro atoms. The van der Waals surface area contributed by atoms with Gasteiger partial charge in [-0.15, -0.1) is 0 Å². The third-order valence-corrected chi connectivity index (χ3v) is 2.50. The molecule has 0 bridgehead atoms. The number of fused-ring (bicyclic) bond motifs is 1. The zero-order valence-corrected chi connectivity index (χ0v) is 10.7. The van der Waals surface area contributed by atoms with Gasteiger partial charge < -0.3 is 14.3 Å². The second-order valence-corrected chi connectivity index (χ2v) is 5.27. The number of rotatable bonds is 3. The Morgan fingerprint density at radius 2 is 2.06 bits per heavy atom. The highest BCUT2D eigenvalue weighted by atomic mass is 19.1. The molecule has 1 N–H and O–H groups in total. The first kappa shape index (κ1) is 13.1. The van der Waals surface area contributed by atoms with Crippen LogP contribution in [0.2, 0.25) is 0 Å². The summed E-state index contributed by atoms with van der Waals surface area (Å²) in [6.45, 7) is 5.88. The van der Waals surface area contributed by atoms with Crippen LogP contribution < -0.4 is 0 Å². The van der Waals surface area contributed by atoms with Gasteiger partial charge in [-0.3, -0.25) is 0 Å². The van der Waals surface area contributed by atoms with Gasteiger partial charge in [-0.25, -0.2) is 4.39 Å². The minimum Gasteiger partial charge on any atom is -0.458 e. The topological polar surface area (TPSA) is 42.6 Å². The monoisotopic (exact) mass is 252 g/mol. The van der Waals surface area contributed by atoms with E-state index in [1.54, 1.807) is 12.1 Å². The Morgan fingerprint density at radius 3 is 2.72 bits per heavy atom. The van der Waals surface area contributed by atoms with Gasteiger partial charge in [0.15, 0.2) is 0 Å². The van der Waals surface area contributed by atoms with Crippen LogP contribution in [0, 0.1) is 5.82 Å². The number of aliphatic hydroxyl groups is 1. The maximum atomic E-state index is 13.0. The molecule has 0 aliphatic carbocycles. The third-order valence-electron chi connectivity index (χ3n) is 2.50. The fraction of sp³-hybridized carbons (Fsp3) is 0.429. The average Bonchev–Trinajstić information content (AvgIpc) is 2.67. The van der Waals surface area contributed by atoms with Crippen molar-refractivity contribution in [1.82, 2.24) is 0 Å². The van der Waals surface area contributed by atoms with Gasteiger partial charge in [-0.1, -0.05) is 0 Å². The van der Waals surface area contributed by atoms with Crippen molar-refractivity contribution in [2.75, 3.05) is 6.61 Å². The van der Waals surface area contributed by atoms with Gasteiger partial charge in [-0.05, 0) is 45.0 Å². The molecular formula is C14H17FO3. The summed E-state index contributed by atoms with van der Waals surface area (Å²) in [7, 11) is 0. The average molecular weight is 252 g/mol. The highest BCUT2D eigenvalue weighted by Crippen LogP contribution is 2.25. The van der Waals surface area contributed by atoms with E-state index in [9.17, 15) is 9.50 Å². The Morgan fingerprint density at radius 1 is 1.33 bits per heavy atom. The van der Waals surface area contributed by atoms with Crippen LogP contribution in [0.25, 0.3) is 11.0 Å². The van der Waals surface area contributed by atoms with Gasteiger partial charge in [0.2, 0.25) is 0 Å². The second-order valence-electron chi connectivity index (χ2n) is 5.27. The van der Waals surface area contributed by atoms with E-state index in [-0.39, 0.29) is 18.0 Å². The third kappa shape index (κ3) is 3.09. The lowest BCUT2D eigenvalue weighted by molar-refractivity contribution is -0.0543. The van der Waals surface area contributed by atoms with E-state index in [0.717, 1.165) is 0 Å². The van der Waals surface area contributed by atoms with Crippen molar-refractivity contribution in [1.29, 1.82) is 0 Å². The Hall–Kier alpha value is -1.39. The molecular weight excluding hydrogens is 235 g/mol. The summed E-state index contributed by atoms with van der Waals surface area (Å²) in [5, 5.41) is 10.6. The first-order chi connectivity index (χ1) is 8.35. The maximum Gasteiger partial charge on any atom is 0.136 e. The predicted molar refractivity (Wildman–Crippen MR) is 66.8 cm³/mol. The number of hydrogen-bond acceptors (Lipinski definition) is 3. The van der Waals surface area contributed by atoms with Gasteiger partial charge >= 0.3 is 0 Å². The number of halogens is 1. The summed E-state index contributed by atoms with van der Waals surface area (Å²) in [6, 6.07) is 5.88. The molecule has 98 valence electrons. The first-order valence-electron chi connectivity index (χ1n) is 5.86. The van der Waals surface area contributed by atoms with Crippen molar-refractivity contribution in [3.8, 4) is 0 Å². The van der Waals surface area contributed by atoms with E-state index in [1.165, 1.54) is 12.1 Å². The number of aliphatic hydroxyl groups excluding tert-OH is 1. The minimum absolute atomic E-state index is 0.145. The molecule has 1 heterocycles. The lowest BCUT2D eigenvalue weighted by Crippen LogP contribution is -2.22. The van der Waals surface area contributed by atoms with Gasteiger partial charge in [-0.2, -0.15) is 0 Å². The molecule has 0 saturated heterocycles. The standard InChI is InChI=1S/C14H17FO3/c1-14(2,3)17-8-11(16)13-7-9-6-10(15)4-5-12(9)18-13/h4-7,11,16H,8H2,1-3H3. The van der Waals surface area contributed by atoms with Gasteiger partial charge in [0, 0.05) is 5.39 Å². The lowest BCUT2D eigenvalue weighted by atomic mass is 10.2. The van der Waals surface area contributed by atoms with Gasteiger partial charge in [0.05, 0.1) is 12.2 Å². The van der Waals surface area contributed by atoms with E-state index < -0.39 is 6.10 Å². The predicted octanol–water partition coefficient (Wildman–Crippen LogP) is 3.42. The Balaban J connectivity index is 2.15. The van der Waals surface area contributed by atoms with E-state index in [4.69, 9.17) is 9.15 Å². The van der Waals surface area contributed by atoms with Gasteiger partial charge in [0.25, 0.3) is 0 Å². The smallest absolute Gasteiger partial charge is 0.136 e. The molecule has 0 aliphatic heterocycles. The molecule has 1 aromatic carbocycles. The van der Waals surface area contributed by atoms with Crippen LogP contribution in [0.4, 0.5) is 4.39 Å². The normalized spacial score (nSPS) is 14.1. The van der Waals surface area contributed by atoms with E-state index in [2.05, 4.69) is 0 Å². The minimum atomic E-state index is -0.848. The van der Waals surface area contributed by atoms with E-state index in [1.807, 2.05) is 20.8 Å². The fourth-order valence-electron chi connectivity index (χ4n) is 1.61. The largest absolute Gasteiger partial charge is 0.458 e. The molecule has 0 fully saturated rings. The number of hydrogen-bond donors (Lipinski definition) is 1. The van der Waals surface area contributed by atoms with Crippen molar-refractivity contribution in [2.24, 2.45) is 0 Å². The quantitative estimate of drug-likeness (QED) is 0.910. The van der Waals surface area contributed by atoms with Crippen LogP contribution in [0.5, 0.6) is 0 Å². The molecule has 1 aromatic heterocycles. The molecule has 18 heavy (non-hydrogen) atoms. The highest BCUT2D eigenvalue weighted by Gasteiger charge is 2.18. The van der Waals surface area contributed by atoms with Crippen LogP contribution in [0.3, 0.4) is 0 Å². The van der Waals surface area contributed by atoms with Crippen LogP contribution in [-0.4, -0.2) is 17.3 Å². The molecule has 2 rings (SSSR count). The number of benzene rings is 1. The molecule has 0 aliphatic rings. The summed E-state index contributed by atoms with van der Waals surface area (Å²) >= 11 is 0. The summed E-state index contributed by atoms with van der Waals surface area (Å²) in [4.78, 5) is 0. The summed E-state index contributed by atoms with van der Waals surface area (Å²) in [6.07, 6.45) is -0.848. The molecule has 0 amide bonds. The molecule has 1 atom stereocenters. The van der Waals surface area contributed by atoms with Crippen molar-refractivity contribution in [3.63, 3.8) is 0 Å². The number of furan rings is 1. The lowest BCUT2D eigenvalue weighted by Gasteiger charge is -2.21. The molecule has 0 saturated carbocycles. The molecule has 2 aromatic rings. The van der Waals surface area contributed by atoms with Gasteiger partial charge in [0.1, 0.15) is 23.3 Å². The van der Waals surface area contributed by atoms with E-state index >= 15 is 0 Å². The maximum absolute atomic E-state index is 13.0. The van der Waals surface area contributed by atoms with Crippen LogP contribution in [0.15, 0.2) is 28.7 Å². The van der Waals surface area contributed by atoms with Crippen molar-refractivity contribution >= 4 is 11.0 Å². The van der Waals surface area contributed by atoms with E-state index in [0.29, 0.717) is 16.7 Å². The summed E-state index contributed by atoms with van der Waals surface area (Å²) in [5.74, 6) is 0.0649. The van der Waals surface area contributed by atoms with Crippen LogP contribution in [0.1, 0.15) is 32.6 Å². The van der Waals surface area contributed by atoms with Crippen LogP contribution in [-0.2, 0) is 4.74 Å². The molecule has 3 nitrogen and oxygen atoms in total. The van der Waals surface area contributed by atoms with Crippen molar-refractivity contribution in [2.45, 2.75) is 32.5 Å².